The molecule has 0 aromatic heterocycles. The van der Waals surface area contributed by atoms with Gasteiger partial charge in [-0.05, 0) is 64.3 Å². The minimum atomic E-state index is 0.661. The predicted octanol–water partition coefficient (Wildman–Crippen LogP) is 1.29. The lowest BCUT2D eigenvalue weighted by Gasteiger charge is -2.29. The Balaban J connectivity index is 2.02. The van der Waals surface area contributed by atoms with E-state index in [0.717, 1.165) is 25.6 Å². The van der Waals surface area contributed by atoms with Gasteiger partial charge >= 0.3 is 0 Å². The molecule has 2 atom stereocenters. The van der Waals surface area contributed by atoms with Crippen LogP contribution in [-0.2, 0) is 0 Å². The average molecular weight is 227 g/mol. The molecule has 1 aliphatic rings. The Hall–Kier alpha value is -0.120. The van der Waals surface area contributed by atoms with Crippen molar-refractivity contribution in [1.82, 2.24) is 10.2 Å². The maximum Gasteiger partial charge on any atom is 0.000709 e. The summed E-state index contributed by atoms with van der Waals surface area (Å²) in [5.41, 5.74) is 5.68. The predicted molar refractivity (Wildman–Crippen MR) is 70.5 cm³/mol. The van der Waals surface area contributed by atoms with E-state index in [0.29, 0.717) is 5.92 Å². The second-order valence-corrected chi connectivity index (χ2v) is 5.27. The molecule has 0 radical (unpaired) electrons. The number of nitrogens with two attached hydrogens (primary N) is 1. The van der Waals surface area contributed by atoms with Crippen LogP contribution >= 0.6 is 0 Å². The van der Waals surface area contributed by atoms with Crippen LogP contribution in [0.25, 0.3) is 0 Å². The van der Waals surface area contributed by atoms with Crippen molar-refractivity contribution in [2.24, 2.45) is 17.6 Å². The first-order valence-corrected chi connectivity index (χ1v) is 6.85. The lowest BCUT2D eigenvalue weighted by atomic mass is 9.95. The summed E-state index contributed by atoms with van der Waals surface area (Å²) in [6.45, 7) is 7.86. The highest BCUT2D eigenvalue weighted by molar-refractivity contribution is 4.71. The van der Waals surface area contributed by atoms with Crippen molar-refractivity contribution in [3.05, 3.63) is 0 Å². The minimum Gasteiger partial charge on any atom is -0.330 e. The highest BCUT2D eigenvalue weighted by atomic mass is 15.1. The number of nitrogens with zero attached hydrogens (tertiary/aromatic N) is 1. The molecule has 0 aliphatic carbocycles. The van der Waals surface area contributed by atoms with Gasteiger partial charge in [-0.1, -0.05) is 13.3 Å². The van der Waals surface area contributed by atoms with Crippen molar-refractivity contribution in [2.45, 2.75) is 32.6 Å². The lowest BCUT2D eigenvalue weighted by Crippen LogP contribution is -2.34. The largest absolute Gasteiger partial charge is 0.330 e. The highest BCUT2D eigenvalue weighted by Crippen LogP contribution is 2.17. The fourth-order valence-corrected chi connectivity index (χ4v) is 2.52. The first-order chi connectivity index (χ1) is 7.76. The van der Waals surface area contributed by atoms with Gasteiger partial charge in [0.2, 0.25) is 0 Å². The standard InChI is InChI=1S/C13H29N3/c1-3-12(9-14)10-15-7-6-13-5-4-8-16(2)11-13/h12-13,15H,3-11,14H2,1-2H3. The van der Waals surface area contributed by atoms with Gasteiger partial charge in [-0.25, -0.2) is 0 Å². The van der Waals surface area contributed by atoms with Gasteiger partial charge in [-0.2, -0.15) is 0 Å². The zero-order chi connectivity index (χ0) is 11.8. The second kappa shape index (κ2) is 8.04. The van der Waals surface area contributed by atoms with Gasteiger partial charge in [0.1, 0.15) is 0 Å². The van der Waals surface area contributed by atoms with Crippen LogP contribution in [0, 0.1) is 11.8 Å². The lowest BCUT2D eigenvalue weighted by molar-refractivity contribution is 0.201. The third kappa shape index (κ3) is 5.28. The van der Waals surface area contributed by atoms with Crippen molar-refractivity contribution in [3.8, 4) is 0 Å². The summed E-state index contributed by atoms with van der Waals surface area (Å²) in [6, 6.07) is 0. The van der Waals surface area contributed by atoms with E-state index in [1.54, 1.807) is 0 Å². The molecule has 0 aromatic carbocycles. The van der Waals surface area contributed by atoms with Gasteiger partial charge in [0, 0.05) is 6.54 Å². The van der Waals surface area contributed by atoms with Gasteiger partial charge < -0.3 is 16.0 Å². The van der Waals surface area contributed by atoms with Gasteiger partial charge in [0.15, 0.2) is 0 Å². The molecule has 3 nitrogen and oxygen atoms in total. The topological polar surface area (TPSA) is 41.3 Å². The van der Waals surface area contributed by atoms with Crippen LogP contribution in [0.3, 0.4) is 0 Å². The van der Waals surface area contributed by atoms with Crippen molar-refractivity contribution >= 4 is 0 Å². The Morgan fingerprint density at radius 2 is 2.31 bits per heavy atom. The summed E-state index contributed by atoms with van der Waals surface area (Å²) in [7, 11) is 2.24. The first-order valence-electron chi connectivity index (χ1n) is 6.85. The van der Waals surface area contributed by atoms with E-state index in [1.165, 1.54) is 38.8 Å². The molecule has 1 heterocycles. The Morgan fingerprint density at radius 1 is 1.50 bits per heavy atom. The van der Waals surface area contributed by atoms with E-state index >= 15 is 0 Å². The summed E-state index contributed by atoms with van der Waals surface area (Å²) >= 11 is 0. The number of nitrogens with one attached hydrogen (secondary N) is 1. The van der Waals surface area contributed by atoms with E-state index in [2.05, 4.69) is 24.2 Å². The molecule has 3 heteroatoms. The van der Waals surface area contributed by atoms with Crippen LogP contribution in [0.4, 0.5) is 0 Å². The quantitative estimate of drug-likeness (QED) is 0.644. The molecule has 1 rings (SSSR count). The number of likely N-dealkylation sites (tertiary alicyclic amines) is 1. The Kier molecular flexibility index (Phi) is 7.01. The van der Waals surface area contributed by atoms with E-state index < -0.39 is 0 Å². The maximum atomic E-state index is 5.68. The van der Waals surface area contributed by atoms with Crippen LogP contribution in [0.15, 0.2) is 0 Å². The van der Waals surface area contributed by atoms with Crippen molar-refractivity contribution < 1.29 is 0 Å². The van der Waals surface area contributed by atoms with E-state index in [1.807, 2.05) is 0 Å². The van der Waals surface area contributed by atoms with Gasteiger partial charge in [-0.3, -0.25) is 0 Å². The molecule has 1 fully saturated rings. The molecule has 0 saturated carbocycles. The third-order valence-corrected chi connectivity index (χ3v) is 3.80. The maximum absolute atomic E-state index is 5.68. The zero-order valence-electron chi connectivity index (χ0n) is 11.0. The molecule has 0 aromatic rings. The van der Waals surface area contributed by atoms with Crippen LogP contribution in [0.1, 0.15) is 32.6 Å². The normalized spacial score (nSPS) is 24.6. The van der Waals surface area contributed by atoms with Gasteiger partial charge in [-0.15, -0.1) is 0 Å². The van der Waals surface area contributed by atoms with Crippen LogP contribution in [0.2, 0.25) is 0 Å². The molecule has 2 unspecified atom stereocenters. The van der Waals surface area contributed by atoms with Crippen LogP contribution in [0.5, 0.6) is 0 Å². The zero-order valence-corrected chi connectivity index (χ0v) is 11.0. The molecule has 0 bridgehead atoms. The summed E-state index contributed by atoms with van der Waals surface area (Å²) < 4.78 is 0. The molecule has 1 saturated heterocycles. The summed E-state index contributed by atoms with van der Waals surface area (Å²) in [5, 5.41) is 3.55. The summed E-state index contributed by atoms with van der Waals surface area (Å²) in [5.74, 6) is 1.57. The number of piperidine rings is 1. The molecule has 0 spiro atoms. The van der Waals surface area contributed by atoms with E-state index in [4.69, 9.17) is 5.73 Å². The summed E-state index contributed by atoms with van der Waals surface area (Å²) in [6.07, 6.45) is 5.31. The van der Waals surface area contributed by atoms with Crippen LogP contribution < -0.4 is 11.1 Å². The monoisotopic (exact) mass is 227 g/mol. The molecular weight excluding hydrogens is 198 g/mol. The smallest absolute Gasteiger partial charge is 0.000709 e. The third-order valence-electron chi connectivity index (χ3n) is 3.80. The SMILES string of the molecule is CCC(CN)CNCCC1CCCN(C)C1. The fourth-order valence-electron chi connectivity index (χ4n) is 2.52. The molecule has 0 amide bonds. The molecule has 1 aliphatic heterocycles. The van der Waals surface area contributed by atoms with Crippen molar-refractivity contribution in [2.75, 3.05) is 39.8 Å². The van der Waals surface area contributed by atoms with Crippen molar-refractivity contribution in [1.29, 1.82) is 0 Å². The average Bonchev–Trinajstić information content (AvgIpc) is 2.29. The molecule has 96 valence electrons. The Labute approximate surface area is 101 Å². The van der Waals surface area contributed by atoms with Crippen LogP contribution in [-0.4, -0.2) is 44.7 Å². The summed E-state index contributed by atoms with van der Waals surface area (Å²) in [4.78, 5) is 2.46. The minimum absolute atomic E-state index is 0.661. The number of rotatable bonds is 7. The van der Waals surface area contributed by atoms with Gasteiger partial charge in [0.05, 0.1) is 0 Å². The number of hydrogen-bond donors (Lipinski definition) is 2. The van der Waals surface area contributed by atoms with Crippen molar-refractivity contribution in [3.63, 3.8) is 0 Å². The van der Waals surface area contributed by atoms with Gasteiger partial charge in [0.25, 0.3) is 0 Å². The highest BCUT2D eigenvalue weighted by Gasteiger charge is 2.16. The molecule has 16 heavy (non-hydrogen) atoms. The van der Waals surface area contributed by atoms with E-state index in [9.17, 15) is 0 Å². The first kappa shape index (κ1) is 13.9. The molecule has 3 N–H and O–H groups in total. The second-order valence-electron chi connectivity index (χ2n) is 5.27. The fraction of sp³-hybridized carbons (Fsp3) is 1.00. The Bertz CT molecular complexity index is 169. The van der Waals surface area contributed by atoms with E-state index in [-0.39, 0.29) is 0 Å². The number of hydrogen-bond acceptors (Lipinski definition) is 3. The molecular formula is C13H29N3. The Morgan fingerprint density at radius 3 is 2.94 bits per heavy atom.